The summed E-state index contributed by atoms with van der Waals surface area (Å²) in [6.45, 7) is 2.83. The fourth-order valence-corrected chi connectivity index (χ4v) is 3.48. The van der Waals surface area contributed by atoms with Crippen LogP contribution < -0.4 is 14.8 Å². The van der Waals surface area contributed by atoms with Crippen LogP contribution in [0.5, 0.6) is 11.5 Å². The number of nitrogens with one attached hydrogen (secondary N) is 1. The van der Waals surface area contributed by atoms with Gasteiger partial charge in [0.1, 0.15) is 19.0 Å². The number of carbonyl (C=O) groups is 1. The van der Waals surface area contributed by atoms with Crippen molar-refractivity contribution < 1.29 is 23.8 Å². The second-order valence-corrected chi connectivity index (χ2v) is 7.37. The average Bonchev–Trinajstić information content (AvgIpc) is 2.77. The molecule has 1 aliphatic heterocycles. The number of hydrogen-bond donors (Lipinski definition) is 2. The molecule has 0 aromatic heterocycles. The lowest BCUT2D eigenvalue weighted by atomic mass is 10.1. The van der Waals surface area contributed by atoms with Crippen molar-refractivity contribution in [2.45, 2.75) is 25.3 Å². The first kappa shape index (κ1) is 22.1. The van der Waals surface area contributed by atoms with Gasteiger partial charge in [0.25, 0.3) is 0 Å². The molecule has 2 N–H and O–H groups in total. The molecule has 2 aromatic carbocycles. The van der Waals surface area contributed by atoms with Gasteiger partial charge in [0.15, 0.2) is 11.6 Å². The third kappa shape index (κ3) is 7.00. The molecule has 1 amide bonds. The van der Waals surface area contributed by atoms with Gasteiger partial charge in [0.2, 0.25) is 5.91 Å². The number of rotatable bonds is 10. The monoisotopic (exact) mass is 416 g/mol. The number of carbonyl (C=O) groups excluding carboxylic acids is 1. The molecule has 1 heterocycles. The SMILES string of the molecule is O=C(CO)NC1CCN(CCOc2ccc(OCCc3ccccc3)c(F)c2)CC1. The Balaban J connectivity index is 1.35. The molecule has 0 radical (unpaired) electrons. The highest BCUT2D eigenvalue weighted by Gasteiger charge is 2.20. The van der Waals surface area contributed by atoms with Crippen molar-refractivity contribution in [2.24, 2.45) is 0 Å². The lowest BCUT2D eigenvalue weighted by Crippen LogP contribution is -2.46. The molecule has 0 spiro atoms. The summed E-state index contributed by atoms with van der Waals surface area (Å²) in [6.07, 6.45) is 2.41. The summed E-state index contributed by atoms with van der Waals surface area (Å²) in [7, 11) is 0. The lowest BCUT2D eigenvalue weighted by molar-refractivity contribution is -0.124. The Labute approximate surface area is 176 Å². The second kappa shape index (κ2) is 11.5. The summed E-state index contributed by atoms with van der Waals surface area (Å²) < 4.78 is 25.5. The van der Waals surface area contributed by atoms with E-state index in [0.717, 1.165) is 44.5 Å². The minimum Gasteiger partial charge on any atom is -0.492 e. The Bertz CT molecular complexity index is 795. The van der Waals surface area contributed by atoms with Crippen molar-refractivity contribution >= 4 is 5.91 Å². The Kier molecular flexibility index (Phi) is 8.47. The van der Waals surface area contributed by atoms with Gasteiger partial charge in [-0.15, -0.1) is 0 Å². The Morgan fingerprint density at radius 3 is 2.57 bits per heavy atom. The number of halogens is 1. The molecule has 0 aliphatic carbocycles. The highest BCUT2D eigenvalue weighted by atomic mass is 19.1. The van der Waals surface area contributed by atoms with Gasteiger partial charge in [-0.3, -0.25) is 9.69 Å². The fourth-order valence-electron chi connectivity index (χ4n) is 3.48. The summed E-state index contributed by atoms with van der Waals surface area (Å²) in [5.41, 5.74) is 1.15. The Morgan fingerprint density at radius 1 is 1.10 bits per heavy atom. The molecule has 162 valence electrons. The van der Waals surface area contributed by atoms with Crippen LogP contribution in [0.2, 0.25) is 0 Å². The van der Waals surface area contributed by atoms with E-state index in [2.05, 4.69) is 10.2 Å². The predicted molar refractivity (Wildman–Crippen MR) is 112 cm³/mol. The summed E-state index contributed by atoms with van der Waals surface area (Å²) in [4.78, 5) is 13.5. The number of hydrogen-bond acceptors (Lipinski definition) is 5. The quantitative estimate of drug-likeness (QED) is 0.622. The molecule has 7 heteroatoms. The molecule has 6 nitrogen and oxygen atoms in total. The van der Waals surface area contributed by atoms with Crippen molar-refractivity contribution in [1.82, 2.24) is 10.2 Å². The smallest absolute Gasteiger partial charge is 0.245 e. The minimum absolute atomic E-state index is 0.116. The van der Waals surface area contributed by atoms with Gasteiger partial charge in [-0.2, -0.15) is 0 Å². The first-order valence-corrected chi connectivity index (χ1v) is 10.4. The Hall–Kier alpha value is -2.64. The largest absolute Gasteiger partial charge is 0.492 e. The van der Waals surface area contributed by atoms with Crippen LogP contribution in [-0.2, 0) is 11.2 Å². The number of piperidine rings is 1. The van der Waals surface area contributed by atoms with Crippen molar-refractivity contribution in [3.63, 3.8) is 0 Å². The molecule has 1 aliphatic rings. The highest BCUT2D eigenvalue weighted by molar-refractivity contribution is 5.77. The molecular formula is C23H29FN2O4. The van der Waals surface area contributed by atoms with E-state index in [1.54, 1.807) is 12.1 Å². The van der Waals surface area contributed by atoms with Crippen molar-refractivity contribution in [1.29, 1.82) is 0 Å². The average molecular weight is 416 g/mol. The molecule has 0 unspecified atom stereocenters. The topological polar surface area (TPSA) is 71.0 Å². The van der Waals surface area contributed by atoms with Crippen LogP contribution in [0.1, 0.15) is 18.4 Å². The van der Waals surface area contributed by atoms with Gasteiger partial charge < -0.3 is 19.9 Å². The molecule has 1 fully saturated rings. The number of ether oxygens (including phenoxy) is 2. The highest BCUT2D eigenvalue weighted by Crippen LogP contribution is 2.23. The van der Waals surface area contributed by atoms with Gasteiger partial charge in [0.05, 0.1) is 6.61 Å². The minimum atomic E-state index is -0.471. The second-order valence-electron chi connectivity index (χ2n) is 7.37. The first-order chi connectivity index (χ1) is 14.6. The molecule has 0 atom stereocenters. The first-order valence-electron chi connectivity index (χ1n) is 10.4. The van der Waals surface area contributed by atoms with Gasteiger partial charge in [0, 0.05) is 38.2 Å². The molecule has 2 aromatic rings. The van der Waals surface area contributed by atoms with E-state index in [0.29, 0.717) is 19.0 Å². The number of aliphatic hydroxyl groups excluding tert-OH is 1. The van der Waals surface area contributed by atoms with Gasteiger partial charge in [-0.1, -0.05) is 30.3 Å². The normalized spacial score (nSPS) is 15.0. The molecule has 30 heavy (non-hydrogen) atoms. The van der Waals surface area contributed by atoms with Crippen LogP contribution in [0.4, 0.5) is 4.39 Å². The zero-order chi connectivity index (χ0) is 21.2. The van der Waals surface area contributed by atoms with Crippen LogP contribution in [0, 0.1) is 5.82 Å². The van der Waals surface area contributed by atoms with E-state index in [9.17, 15) is 9.18 Å². The summed E-state index contributed by atoms with van der Waals surface area (Å²) in [5, 5.41) is 11.6. The van der Waals surface area contributed by atoms with E-state index in [1.807, 2.05) is 30.3 Å². The van der Waals surface area contributed by atoms with Crippen molar-refractivity contribution in [2.75, 3.05) is 39.5 Å². The lowest BCUT2D eigenvalue weighted by Gasteiger charge is -2.32. The fraction of sp³-hybridized carbons (Fsp3) is 0.435. The van der Waals surface area contributed by atoms with Crippen LogP contribution >= 0.6 is 0 Å². The molecule has 3 rings (SSSR count). The standard InChI is InChI=1S/C23H29FN2O4/c24-21-16-20(6-7-22(21)30-14-10-18-4-2-1-3-5-18)29-15-13-26-11-8-19(9-12-26)25-23(28)17-27/h1-7,16,19,27H,8-15,17H2,(H,25,28). The van der Waals surface area contributed by atoms with Gasteiger partial charge in [-0.05, 0) is 30.5 Å². The predicted octanol–water partition coefficient (Wildman–Crippen LogP) is 2.40. The zero-order valence-corrected chi connectivity index (χ0v) is 17.1. The van der Waals surface area contributed by atoms with E-state index < -0.39 is 12.4 Å². The van der Waals surface area contributed by atoms with E-state index in [-0.39, 0.29) is 17.7 Å². The molecule has 1 saturated heterocycles. The summed E-state index contributed by atoms with van der Waals surface area (Å²) in [5.74, 6) is -0.0504. The van der Waals surface area contributed by atoms with Crippen LogP contribution in [0.15, 0.2) is 48.5 Å². The molecular weight excluding hydrogens is 387 g/mol. The number of nitrogens with zero attached hydrogens (tertiary/aromatic N) is 1. The van der Waals surface area contributed by atoms with E-state index >= 15 is 0 Å². The third-order valence-corrected chi connectivity index (χ3v) is 5.17. The number of aliphatic hydroxyl groups is 1. The van der Waals surface area contributed by atoms with E-state index in [4.69, 9.17) is 14.6 Å². The third-order valence-electron chi connectivity index (χ3n) is 5.17. The van der Waals surface area contributed by atoms with Crippen molar-refractivity contribution in [3.05, 3.63) is 59.9 Å². The van der Waals surface area contributed by atoms with E-state index in [1.165, 1.54) is 6.07 Å². The van der Waals surface area contributed by atoms with Gasteiger partial charge >= 0.3 is 0 Å². The maximum Gasteiger partial charge on any atom is 0.245 e. The summed E-state index contributed by atoms with van der Waals surface area (Å²) in [6, 6.07) is 14.7. The number of likely N-dealkylation sites (tertiary alicyclic amines) is 1. The van der Waals surface area contributed by atoms with Crippen LogP contribution in [-0.4, -0.2) is 61.4 Å². The zero-order valence-electron chi connectivity index (χ0n) is 17.1. The number of amides is 1. The molecule has 0 saturated carbocycles. The maximum absolute atomic E-state index is 14.3. The van der Waals surface area contributed by atoms with Crippen LogP contribution in [0.25, 0.3) is 0 Å². The van der Waals surface area contributed by atoms with Gasteiger partial charge in [-0.25, -0.2) is 4.39 Å². The van der Waals surface area contributed by atoms with Crippen molar-refractivity contribution in [3.8, 4) is 11.5 Å². The Morgan fingerprint density at radius 2 is 1.87 bits per heavy atom. The molecule has 0 bridgehead atoms. The maximum atomic E-state index is 14.3. The number of benzene rings is 2. The van der Waals surface area contributed by atoms with Crippen LogP contribution in [0.3, 0.4) is 0 Å². The summed E-state index contributed by atoms with van der Waals surface area (Å²) >= 11 is 0.